The predicted molar refractivity (Wildman–Crippen MR) is 68.5 cm³/mol. The molecule has 0 saturated heterocycles. The van der Waals surface area contributed by atoms with Gasteiger partial charge >= 0.3 is 0 Å². The van der Waals surface area contributed by atoms with E-state index in [2.05, 4.69) is 19.2 Å². The minimum atomic E-state index is -0.0251. The molecule has 16 heavy (non-hydrogen) atoms. The Kier molecular flexibility index (Phi) is 6.61. The van der Waals surface area contributed by atoms with Crippen LogP contribution in [0, 0.1) is 0 Å². The number of aliphatic hydroxyl groups excluding tert-OH is 1. The number of hydrogen-bond donors (Lipinski definition) is 2. The van der Waals surface area contributed by atoms with Gasteiger partial charge in [-0.05, 0) is 37.0 Å². The molecule has 1 rings (SSSR count). The SMILES string of the molecule is CCSCCC(C)NCc1ccc(CO)o1. The lowest BCUT2D eigenvalue weighted by Crippen LogP contribution is -2.25. The second-order valence-corrected chi connectivity index (χ2v) is 5.19. The highest BCUT2D eigenvalue weighted by molar-refractivity contribution is 7.99. The maximum absolute atomic E-state index is 8.85. The van der Waals surface area contributed by atoms with Gasteiger partial charge in [-0.25, -0.2) is 0 Å². The second-order valence-electron chi connectivity index (χ2n) is 3.79. The molecule has 2 N–H and O–H groups in total. The van der Waals surface area contributed by atoms with Gasteiger partial charge in [-0.1, -0.05) is 6.92 Å². The van der Waals surface area contributed by atoms with Crippen LogP contribution in [0.2, 0.25) is 0 Å². The summed E-state index contributed by atoms with van der Waals surface area (Å²) in [7, 11) is 0. The summed E-state index contributed by atoms with van der Waals surface area (Å²) >= 11 is 1.97. The summed E-state index contributed by atoms with van der Waals surface area (Å²) in [6, 6.07) is 4.22. The molecule has 0 aliphatic rings. The summed E-state index contributed by atoms with van der Waals surface area (Å²) in [5.74, 6) is 3.90. The van der Waals surface area contributed by atoms with Crippen LogP contribution < -0.4 is 5.32 Å². The van der Waals surface area contributed by atoms with Crippen molar-refractivity contribution >= 4 is 11.8 Å². The molecule has 0 radical (unpaired) electrons. The van der Waals surface area contributed by atoms with E-state index in [1.54, 1.807) is 0 Å². The highest BCUT2D eigenvalue weighted by Crippen LogP contribution is 2.08. The third-order valence-corrected chi connectivity index (χ3v) is 3.33. The molecule has 0 aliphatic carbocycles. The third-order valence-electron chi connectivity index (χ3n) is 2.40. The van der Waals surface area contributed by atoms with Crippen molar-refractivity contribution in [2.24, 2.45) is 0 Å². The Morgan fingerprint density at radius 3 is 2.81 bits per heavy atom. The van der Waals surface area contributed by atoms with Crippen LogP contribution in [0.15, 0.2) is 16.5 Å². The van der Waals surface area contributed by atoms with Crippen molar-refractivity contribution in [3.8, 4) is 0 Å². The molecule has 0 aliphatic heterocycles. The second kappa shape index (κ2) is 7.76. The van der Waals surface area contributed by atoms with E-state index in [9.17, 15) is 0 Å². The number of rotatable bonds is 8. The van der Waals surface area contributed by atoms with Crippen LogP contribution in [0.3, 0.4) is 0 Å². The molecule has 1 atom stereocenters. The van der Waals surface area contributed by atoms with Crippen molar-refractivity contribution in [2.75, 3.05) is 11.5 Å². The summed E-state index contributed by atoms with van der Waals surface area (Å²) in [4.78, 5) is 0. The first-order valence-corrected chi connectivity index (χ1v) is 6.91. The van der Waals surface area contributed by atoms with Crippen LogP contribution in [-0.2, 0) is 13.2 Å². The van der Waals surface area contributed by atoms with Crippen molar-refractivity contribution in [1.29, 1.82) is 0 Å². The van der Waals surface area contributed by atoms with E-state index in [0.717, 1.165) is 12.3 Å². The molecule has 1 aromatic heterocycles. The predicted octanol–water partition coefficient (Wildman–Crippen LogP) is 2.39. The van der Waals surface area contributed by atoms with E-state index in [4.69, 9.17) is 9.52 Å². The summed E-state index contributed by atoms with van der Waals surface area (Å²) in [6.45, 7) is 5.08. The highest BCUT2D eigenvalue weighted by Gasteiger charge is 2.04. The molecule has 0 aromatic carbocycles. The first-order chi connectivity index (χ1) is 7.76. The van der Waals surface area contributed by atoms with Gasteiger partial charge in [0.2, 0.25) is 0 Å². The molecule has 1 heterocycles. The van der Waals surface area contributed by atoms with E-state index in [1.807, 2.05) is 23.9 Å². The minimum absolute atomic E-state index is 0.0251. The molecule has 0 bridgehead atoms. The van der Waals surface area contributed by atoms with Gasteiger partial charge in [-0.3, -0.25) is 0 Å². The number of furan rings is 1. The molecular weight excluding hydrogens is 222 g/mol. The lowest BCUT2D eigenvalue weighted by molar-refractivity contribution is 0.242. The number of aliphatic hydroxyl groups is 1. The first-order valence-electron chi connectivity index (χ1n) is 5.75. The fourth-order valence-corrected chi connectivity index (χ4v) is 2.19. The summed E-state index contributed by atoms with van der Waals surface area (Å²) < 4.78 is 5.39. The van der Waals surface area contributed by atoms with Crippen LogP contribution in [0.1, 0.15) is 31.8 Å². The summed E-state index contributed by atoms with van der Waals surface area (Å²) in [5, 5.41) is 12.3. The topological polar surface area (TPSA) is 45.4 Å². The molecule has 0 amide bonds. The quantitative estimate of drug-likeness (QED) is 0.688. The average Bonchev–Trinajstić information content (AvgIpc) is 2.74. The molecule has 3 nitrogen and oxygen atoms in total. The number of thioether (sulfide) groups is 1. The summed E-state index contributed by atoms with van der Waals surface area (Å²) in [6.07, 6.45) is 1.17. The van der Waals surface area contributed by atoms with Crippen LogP contribution in [0.4, 0.5) is 0 Å². The smallest absolute Gasteiger partial charge is 0.129 e. The Bertz CT molecular complexity index is 288. The Balaban J connectivity index is 2.18. The highest BCUT2D eigenvalue weighted by atomic mass is 32.2. The van der Waals surface area contributed by atoms with Gasteiger partial charge in [-0.15, -0.1) is 0 Å². The average molecular weight is 243 g/mol. The molecule has 1 aromatic rings. The molecule has 4 heteroatoms. The monoisotopic (exact) mass is 243 g/mol. The largest absolute Gasteiger partial charge is 0.462 e. The molecule has 0 spiro atoms. The van der Waals surface area contributed by atoms with Crippen molar-refractivity contribution in [2.45, 2.75) is 39.5 Å². The van der Waals surface area contributed by atoms with Crippen molar-refractivity contribution in [3.63, 3.8) is 0 Å². The van der Waals surface area contributed by atoms with E-state index in [1.165, 1.54) is 17.9 Å². The zero-order chi connectivity index (χ0) is 11.8. The minimum Gasteiger partial charge on any atom is -0.462 e. The molecule has 1 unspecified atom stereocenters. The van der Waals surface area contributed by atoms with Crippen LogP contribution in [0.5, 0.6) is 0 Å². The standard InChI is InChI=1S/C12H21NO2S/c1-3-16-7-6-10(2)13-8-11-4-5-12(9-14)15-11/h4-5,10,13-14H,3,6-9H2,1-2H3. The fourth-order valence-electron chi connectivity index (χ4n) is 1.38. The maximum Gasteiger partial charge on any atom is 0.129 e. The number of hydrogen-bond acceptors (Lipinski definition) is 4. The van der Waals surface area contributed by atoms with E-state index < -0.39 is 0 Å². The third kappa shape index (κ3) is 5.05. The van der Waals surface area contributed by atoms with Gasteiger partial charge in [0.1, 0.15) is 18.1 Å². The Morgan fingerprint density at radius 1 is 1.44 bits per heavy atom. The molecular formula is C12H21NO2S. The number of nitrogens with one attached hydrogen (secondary N) is 1. The van der Waals surface area contributed by atoms with Crippen molar-refractivity contribution in [3.05, 3.63) is 23.7 Å². The maximum atomic E-state index is 8.85. The fraction of sp³-hybridized carbons (Fsp3) is 0.667. The summed E-state index contributed by atoms with van der Waals surface area (Å²) in [5.41, 5.74) is 0. The van der Waals surface area contributed by atoms with Crippen molar-refractivity contribution in [1.82, 2.24) is 5.32 Å². The van der Waals surface area contributed by atoms with Gasteiger partial charge < -0.3 is 14.8 Å². The van der Waals surface area contributed by atoms with Gasteiger partial charge in [0.25, 0.3) is 0 Å². The van der Waals surface area contributed by atoms with Gasteiger partial charge in [0.05, 0.1) is 6.54 Å². The Labute approximate surface area is 102 Å². The molecule has 0 saturated carbocycles. The lowest BCUT2D eigenvalue weighted by atomic mass is 10.2. The molecule has 92 valence electrons. The van der Waals surface area contributed by atoms with E-state index in [0.29, 0.717) is 11.8 Å². The zero-order valence-corrected chi connectivity index (χ0v) is 10.8. The lowest BCUT2D eigenvalue weighted by Gasteiger charge is -2.11. The zero-order valence-electron chi connectivity index (χ0n) is 10.0. The Morgan fingerprint density at radius 2 is 2.19 bits per heavy atom. The first kappa shape index (κ1) is 13.6. The van der Waals surface area contributed by atoms with Crippen molar-refractivity contribution < 1.29 is 9.52 Å². The van der Waals surface area contributed by atoms with Crippen LogP contribution in [0.25, 0.3) is 0 Å². The molecule has 0 fully saturated rings. The normalized spacial score (nSPS) is 12.9. The van der Waals surface area contributed by atoms with E-state index >= 15 is 0 Å². The van der Waals surface area contributed by atoms with Crippen LogP contribution in [-0.4, -0.2) is 22.7 Å². The van der Waals surface area contributed by atoms with Gasteiger partial charge in [0.15, 0.2) is 0 Å². The van der Waals surface area contributed by atoms with Gasteiger partial charge in [-0.2, -0.15) is 11.8 Å². The van der Waals surface area contributed by atoms with Crippen LogP contribution >= 0.6 is 11.8 Å². The van der Waals surface area contributed by atoms with Gasteiger partial charge in [0, 0.05) is 6.04 Å². The van der Waals surface area contributed by atoms with E-state index in [-0.39, 0.29) is 6.61 Å². The Hall–Kier alpha value is -0.450.